The Morgan fingerprint density at radius 1 is 1.64 bits per heavy atom. The van der Waals surface area contributed by atoms with Crippen LogP contribution in [0, 0.1) is 0 Å². The van der Waals surface area contributed by atoms with Gasteiger partial charge in [-0.3, -0.25) is 0 Å². The normalized spacial score (nSPS) is 11.6. The lowest BCUT2D eigenvalue weighted by Crippen LogP contribution is -1.95. The smallest absolute Gasteiger partial charge is 0.134 e. The van der Waals surface area contributed by atoms with Gasteiger partial charge < -0.3 is 11.1 Å². The summed E-state index contributed by atoms with van der Waals surface area (Å²) in [5.41, 5.74) is 7.54. The zero-order valence-corrected chi connectivity index (χ0v) is 10.6. The minimum atomic E-state index is 0.528. The molecule has 2 heterocycles. The minimum absolute atomic E-state index is 0.528. The first-order chi connectivity index (χ1) is 6.76. The lowest BCUT2D eigenvalue weighted by Gasteiger charge is -2.00. The number of rotatable bonds is 2. The molecule has 0 saturated heterocycles. The monoisotopic (exact) mass is 321 g/mol. The first-order valence-electron chi connectivity index (χ1n) is 3.94. The molecule has 2 rings (SSSR count). The quantitative estimate of drug-likeness (QED) is 0.654. The number of anilines is 2. The van der Waals surface area contributed by atoms with E-state index >= 15 is 0 Å². The highest BCUT2D eigenvalue weighted by Crippen LogP contribution is 2.30. The fourth-order valence-corrected chi connectivity index (χ4v) is 2.31. The van der Waals surface area contributed by atoms with Crippen LogP contribution < -0.4 is 11.1 Å². The Balaban J connectivity index is 2.74. The molecule has 3 N–H and O–H groups in total. The molecular formula is C7H9IN5P. The van der Waals surface area contributed by atoms with Gasteiger partial charge in [0.15, 0.2) is 0 Å². The summed E-state index contributed by atoms with van der Waals surface area (Å²) in [6, 6.07) is 0. The summed E-state index contributed by atoms with van der Waals surface area (Å²) in [4.78, 5) is 4.09. The van der Waals surface area contributed by atoms with Gasteiger partial charge in [-0.15, -0.1) is 0 Å². The largest absolute Gasteiger partial charge is 0.385 e. The Hall–Kier alpha value is -0.620. The van der Waals surface area contributed by atoms with Crippen molar-refractivity contribution in [2.75, 3.05) is 18.1 Å². The van der Waals surface area contributed by atoms with Crippen molar-refractivity contribution in [1.29, 1.82) is 0 Å². The molecule has 0 bridgehead atoms. The van der Waals surface area contributed by atoms with Crippen molar-refractivity contribution in [3.63, 3.8) is 0 Å². The van der Waals surface area contributed by atoms with Gasteiger partial charge in [0.1, 0.15) is 11.3 Å². The number of halogens is 1. The molecule has 14 heavy (non-hydrogen) atoms. The topological polar surface area (TPSA) is 68.8 Å². The van der Waals surface area contributed by atoms with E-state index in [1.165, 1.54) is 0 Å². The van der Waals surface area contributed by atoms with E-state index in [4.69, 9.17) is 5.73 Å². The third kappa shape index (κ3) is 1.52. The van der Waals surface area contributed by atoms with E-state index in [1.807, 2.05) is 17.7 Å². The van der Waals surface area contributed by atoms with Gasteiger partial charge in [0.2, 0.25) is 0 Å². The van der Waals surface area contributed by atoms with Gasteiger partial charge in [-0.25, -0.2) is 9.44 Å². The third-order valence-corrected chi connectivity index (χ3v) is 3.82. The summed E-state index contributed by atoms with van der Waals surface area (Å²) >= 11 is 2.27. The van der Waals surface area contributed by atoms with Crippen molar-refractivity contribution < 1.29 is 0 Å². The van der Waals surface area contributed by atoms with Crippen LogP contribution in [0.25, 0.3) is 10.9 Å². The van der Waals surface area contributed by atoms with E-state index < -0.39 is 0 Å². The molecule has 0 saturated carbocycles. The van der Waals surface area contributed by atoms with Crippen LogP contribution in [-0.4, -0.2) is 21.6 Å². The number of hydrogen-bond acceptors (Lipinski definition) is 4. The van der Waals surface area contributed by atoms with Crippen LogP contribution in [-0.2, 0) is 0 Å². The second kappa shape index (κ2) is 3.86. The number of pyridine rings is 1. The number of hydrogen-bond donors (Lipinski definition) is 2. The average molecular weight is 321 g/mol. The molecule has 0 fully saturated rings. The molecule has 0 aliphatic carbocycles. The number of nitrogens with one attached hydrogen (secondary N) is 1. The Morgan fingerprint density at radius 3 is 3.07 bits per heavy atom. The Morgan fingerprint density at radius 2 is 2.43 bits per heavy atom. The van der Waals surface area contributed by atoms with Crippen molar-refractivity contribution in [3.8, 4) is 0 Å². The van der Waals surface area contributed by atoms with E-state index in [0.717, 1.165) is 16.6 Å². The van der Waals surface area contributed by atoms with Crippen LogP contribution in [0.2, 0.25) is 0 Å². The fourth-order valence-electron chi connectivity index (χ4n) is 1.25. The van der Waals surface area contributed by atoms with Crippen molar-refractivity contribution in [2.24, 2.45) is 0 Å². The maximum absolute atomic E-state index is 5.76. The van der Waals surface area contributed by atoms with Gasteiger partial charge in [0.05, 0.1) is 23.6 Å². The van der Waals surface area contributed by atoms with Gasteiger partial charge >= 0.3 is 0 Å². The molecule has 0 amide bonds. The number of fused-ring (bicyclic) bond motifs is 1. The molecule has 2 aromatic heterocycles. The second-order valence-corrected chi connectivity index (χ2v) is 4.80. The van der Waals surface area contributed by atoms with Crippen LogP contribution in [0.4, 0.5) is 11.5 Å². The maximum Gasteiger partial charge on any atom is 0.134 e. The van der Waals surface area contributed by atoms with E-state index in [-0.39, 0.29) is 0 Å². The summed E-state index contributed by atoms with van der Waals surface area (Å²) in [6.07, 6.45) is 4.19. The van der Waals surface area contributed by atoms with Crippen molar-refractivity contribution in [3.05, 3.63) is 12.4 Å². The Labute approximate surface area is 95.8 Å². The van der Waals surface area contributed by atoms with Crippen molar-refractivity contribution in [1.82, 2.24) is 14.5 Å². The van der Waals surface area contributed by atoms with Crippen LogP contribution >= 0.6 is 28.4 Å². The number of nitrogens with two attached hydrogens (primary N) is 1. The summed E-state index contributed by atoms with van der Waals surface area (Å²) in [7, 11) is 1.85. The average Bonchev–Trinajstić information content (AvgIpc) is 2.63. The highest BCUT2D eigenvalue weighted by atomic mass is 127. The van der Waals surface area contributed by atoms with Gasteiger partial charge in [-0.05, 0) is 22.0 Å². The van der Waals surface area contributed by atoms with Crippen molar-refractivity contribution in [2.45, 2.75) is 0 Å². The first kappa shape index (κ1) is 9.92. The van der Waals surface area contributed by atoms with Crippen LogP contribution in [0.1, 0.15) is 0 Å². The highest BCUT2D eigenvalue weighted by Gasteiger charge is 2.08. The Kier molecular flexibility index (Phi) is 2.73. The standard InChI is InChI=1S/C7H9IN5P/c1-10-5-2-11-7(9)4-3-13(14-8)12-6(4)5/h2-3,10,14H,1H3,(H2,9,11). The lowest BCUT2D eigenvalue weighted by atomic mass is 10.3. The Bertz CT molecular complexity index is 468. The summed E-state index contributed by atoms with van der Waals surface area (Å²) in [6.45, 7) is 0. The molecule has 0 radical (unpaired) electrons. The summed E-state index contributed by atoms with van der Waals surface area (Å²) in [5.74, 6) is 0.528. The highest BCUT2D eigenvalue weighted by molar-refractivity contribution is 14.2. The van der Waals surface area contributed by atoms with Gasteiger partial charge in [-0.2, -0.15) is 5.10 Å². The molecule has 1 atom stereocenters. The molecule has 0 aliphatic rings. The molecule has 1 unspecified atom stereocenters. The van der Waals surface area contributed by atoms with E-state index in [1.54, 1.807) is 6.20 Å². The molecular weight excluding hydrogens is 312 g/mol. The van der Waals surface area contributed by atoms with Crippen LogP contribution in [0.5, 0.6) is 0 Å². The molecule has 2 aromatic rings. The second-order valence-electron chi connectivity index (χ2n) is 2.73. The van der Waals surface area contributed by atoms with E-state index in [0.29, 0.717) is 12.2 Å². The maximum atomic E-state index is 5.76. The van der Waals surface area contributed by atoms with Gasteiger partial charge in [0, 0.05) is 13.2 Å². The molecule has 5 nitrogen and oxygen atoms in total. The summed E-state index contributed by atoms with van der Waals surface area (Å²) < 4.78 is 1.87. The third-order valence-electron chi connectivity index (χ3n) is 1.93. The van der Waals surface area contributed by atoms with Gasteiger partial charge in [-0.1, -0.05) is 0 Å². The fraction of sp³-hybridized carbons (Fsp3) is 0.143. The predicted molar refractivity (Wildman–Crippen MR) is 69.2 cm³/mol. The first-order valence-corrected chi connectivity index (χ1v) is 8.00. The lowest BCUT2D eigenvalue weighted by molar-refractivity contribution is 1.03. The zero-order valence-electron chi connectivity index (χ0n) is 7.45. The molecule has 0 aromatic carbocycles. The van der Waals surface area contributed by atoms with E-state index in [9.17, 15) is 0 Å². The number of nitrogen functional groups attached to an aromatic ring is 1. The van der Waals surface area contributed by atoms with Gasteiger partial charge in [0.25, 0.3) is 0 Å². The number of nitrogens with zero attached hydrogens (tertiary/aromatic N) is 3. The summed E-state index contributed by atoms with van der Waals surface area (Å²) in [5, 5.41) is 8.35. The SMILES string of the molecule is CNc1cnc(N)c2cn(PI)nc12. The minimum Gasteiger partial charge on any atom is -0.385 e. The van der Waals surface area contributed by atoms with Crippen LogP contribution in [0.3, 0.4) is 0 Å². The zero-order chi connectivity index (χ0) is 10.1. The molecule has 0 aliphatic heterocycles. The number of aromatic nitrogens is 3. The predicted octanol–water partition coefficient (Wildman–Crippen LogP) is 1.85. The molecule has 7 heteroatoms. The van der Waals surface area contributed by atoms with E-state index in [2.05, 4.69) is 37.4 Å². The molecule has 0 spiro atoms. The molecule has 74 valence electrons. The van der Waals surface area contributed by atoms with Crippen LogP contribution in [0.15, 0.2) is 12.4 Å². The van der Waals surface area contributed by atoms with Crippen molar-refractivity contribution >= 4 is 50.8 Å².